The fourth-order valence-corrected chi connectivity index (χ4v) is 4.39. The summed E-state index contributed by atoms with van der Waals surface area (Å²) in [6, 6.07) is 0. The molecule has 0 aromatic heterocycles. The minimum atomic E-state index is -0.441. The van der Waals surface area contributed by atoms with Crippen molar-refractivity contribution in [2.45, 2.75) is 156 Å². The van der Waals surface area contributed by atoms with Crippen LogP contribution in [-0.4, -0.2) is 11.9 Å². The van der Waals surface area contributed by atoms with Gasteiger partial charge in [-0.1, -0.05) is 140 Å². The molecule has 0 aliphatic rings. The summed E-state index contributed by atoms with van der Waals surface area (Å²) in [5.41, 5.74) is 0. The van der Waals surface area contributed by atoms with Gasteiger partial charge >= 0.3 is 11.9 Å². The van der Waals surface area contributed by atoms with E-state index in [-0.39, 0.29) is 12.8 Å². The van der Waals surface area contributed by atoms with E-state index < -0.39 is 11.9 Å². The highest BCUT2D eigenvalue weighted by atomic mass is 16.5. The predicted molar refractivity (Wildman–Crippen MR) is 180 cm³/mol. The van der Waals surface area contributed by atoms with Crippen molar-refractivity contribution in [2.24, 2.45) is 0 Å². The first kappa shape index (κ1) is 39.4. The van der Waals surface area contributed by atoms with Gasteiger partial charge in [0.05, 0.1) is 12.8 Å². The van der Waals surface area contributed by atoms with Gasteiger partial charge in [-0.15, -0.1) is 0 Å². The summed E-state index contributed by atoms with van der Waals surface area (Å²) in [5.74, 6) is 0.0968. The fourth-order valence-electron chi connectivity index (χ4n) is 4.39. The van der Waals surface area contributed by atoms with Gasteiger partial charge in [0.2, 0.25) is 0 Å². The number of esters is 2. The smallest absolute Gasteiger partial charge is 0.311 e. The highest BCUT2D eigenvalue weighted by molar-refractivity contribution is 5.79. The molecule has 0 unspecified atom stereocenters. The summed E-state index contributed by atoms with van der Waals surface area (Å²) in [6.07, 6.45) is 41.3. The molecule has 4 nitrogen and oxygen atoms in total. The van der Waals surface area contributed by atoms with Crippen molar-refractivity contribution in [1.29, 1.82) is 0 Å². The zero-order chi connectivity index (χ0) is 30.9. The van der Waals surface area contributed by atoms with Crippen LogP contribution in [0.3, 0.4) is 0 Å². The summed E-state index contributed by atoms with van der Waals surface area (Å²) < 4.78 is 11.1. The lowest BCUT2D eigenvalue weighted by Crippen LogP contribution is -2.09. The van der Waals surface area contributed by atoms with Crippen LogP contribution in [0, 0.1) is 0 Å². The topological polar surface area (TPSA) is 52.6 Å². The van der Waals surface area contributed by atoms with Crippen molar-refractivity contribution in [2.75, 3.05) is 0 Å². The molecule has 0 saturated heterocycles. The van der Waals surface area contributed by atoms with E-state index in [1.54, 1.807) is 12.2 Å². The second-order valence-electron chi connectivity index (χ2n) is 11.0. The Hall–Kier alpha value is -2.62. The third-order valence-corrected chi connectivity index (χ3v) is 6.92. The van der Waals surface area contributed by atoms with E-state index >= 15 is 0 Å². The van der Waals surface area contributed by atoms with E-state index in [2.05, 4.69) is 26.0 Å². The molecule has 0 spiro atoms. The number of ether oxygens (including phenoxy) is 2. The zero-order valence-corrected chi connectivity index (χ0v) is 27.5. The molecule has 4 heteroatoms. The summed E-state index contributed by atoms with van der Waals surface area (Å²) in [7, 11) is 0. The van der Waals surface area contributed by atoms with Crippen molar-refractivity contribution in [3.8, 4) is 0 Å². The van der Waals surface area contributed by atoms with Gasteiger partial charge in [-0.3, -0.25) is 9.59 Å². The molecule has 42 heavy (non-hydrogen) atoms. The Morgan fingerprint density at radius 3 is 1.17 bits per heavy atom. The Kier molecular flexibility index (Phi) is 29.4. The molecular formula is C38H62O4. The van der Waals surface area contributed by atoms with Gasteiger partial charge in [0.25, 0.3) is 0 Å². The Balaban J connectivity index is 4.47. The van der Waals surface area contributed by atoms with Gasteiger partial charge in [-0.25, -0.2) is 0 Å². The number of rotatable bonds is 27. The van der Waals surface area contributed by atoms with Gasteiger partial charge in [0, 0.05) is 0 Å². The maximum atomic E-state index is 12.5. The van der Waals surface area contributed by atoms with E-state index in [0.29, 0.717) is 11.5 Å². The molecule has 0 N–H and O–H groups in total. The summed E-state index contributed by atoms with van der Waals surface area (Å²) >= 11 is 0. The van der Waals surface area contributed by atoms with Crippen LogP contribution in [0.15, 0.2) is 72.3 Å². The lowest BCUT2D eigenvalue weighted by Gasteiger charge is -2.07. The number of allylic oxidation sites excluding steroid dienone is 10. The third-order valence-electron chi connectivity index (χ3n) is 6.92. The van der Waals surface area contributed by atoms with Gasteiger partial charge in [-0.2, -0.15) is 0 Å². The van der Waals surface area contributed by atoms with Crippen LogP contribution >= 0.6 is 0 Å². The van der Waals surface area contributed by atoms with Crippen molar-refractivity contribution in [3.05, 3.63) is 72.3 Å². The van der Waals surface area contributed by atoms with Gasteiger partial charge in [0.1, 0.15) is 11.5 Å². The molecule has 0 fully saturated rings. The summed E-state index contributed by atoms with van der Waals surface area (Å²) in [4.78, 5) is 24.9. The van der Waals surface area contributed by atoms with E-state index in [4.69, 9.17) is 9.47 Å². The first-order chi connectivity index (χ1) is 20.6. The first-order valence-electron chi connectivity index (χ1n) is 17.0. The second-order valence-corrected chi connectivity index (χ2v) is 11.0. The Labute approximate surface area is 259 Å². The Morgan fingerprint density at radius 2 is 0.833 bits per heavy atom. The highest BCUT2D eigenvalue weighted by Crippen LogP contribution is 2.13. The molecule has 0 aliphatic carbocycles. The lowest BCUT2D eigenvalue weighted by molar-refractivity contribution is -0.145. The maximum Gasteiger partial charge on any atom is 0.311 e. The predicted octanol–water partition coefficient (Wildman–Crippen LogP) is 11.9. The standard InChI is InChI=1S/C38H62O4/c1-5-9-13-15-17-19-21-23-25-27-31-35(29-11-7-3)41-37(39)33-34-38(40)42-36(30-12-8-4)32-28-26-24-22-20-18-16-14-10-6-2/h7-8,11-12,27-32H,5-6,9-10,13-26,33-34H2,1-4H3. The Bertz CT molecular complexity index is 771. The van der Waals surface area contributed by atoms with Gasteiger partial charge < -0.3 is 9.47 Å². The maximum absolute atomic E-state index is 12.5. The summed E-state index contributed by atoms with van der Waals surface area (Å²) in [6.45, 7) is 8.32. The largest absolute Gasteiger partial charge is 0.427 e. The van der Waals surface area contributed by atoms with Crippen LogP contribution in [-0.2, 0) is 19.1 Å². The normalized spacial score (nSPS) is 12.9. The van der Waals surface area contributed by atoms with Gasteiger partial charge in [0.15, 0.2) is 0 Å². The van der Waals surface area contributed by atoms with Crippen molar-refractivity contribution < 1.29 is 19.1 Å². The molecule has 0 amide bonds. The summed E-state index contributed by atoms with van der Waals surface area (Å²) in [5, 5.41) is 0. The number of carbonyl (C=O) groups excluding carboxylic acids is 2. The molecule has 0 saturated carbocycles. The molecule has 0 radical (unpaired) electrons. The first-order valence-corrected chi connectivity index (χ1v) is 17.0. The van der Waals surface area contributed by atoms with E-state index in [1.807, 2.05) is 50.3 Å². The van der Waals surface area contributed by atoms with Crippen molar-refractivity contribution >= 4 is 11.9 Å². The average Bonchev–Trinajstić information content (AvgIpc) is 2.99. The molecule has 0 aliphatic heterocycles. The molecule has 0 atom stereocenters. The lowest BCUT2D eigenvalue weighted by atomic mass is 10.1. The molecule has 0 heterocycles. The average molecular weight is 583 g/mol. The molecule has 0 rings (SSSR count). The molecular weight excluding hydrogens is 520 g/mol. The monoisotopic (exact) mass is 582 g/mol. The SMILES string of the molecule is CC=CC=C(C=CCCCCCCCCCC)OC(=O)CCC(=O)OC(C=CCCCCCCCCCC)=CC=CC. The second kappa shape index (κ2) is 31.3. The molecule has 0 aromatic carbocycles. The third kappa shape index (κ3) is 27.5. The number of hydrogen-bond donors (Lipinski definition) is 0. The van der Waals surface area contributed by atoms with Crippen molar-refractivity contribution in [3.63, 3.8) is 0 Å². The minimum absolute atomic E-state index is 0.0310. The van der Waals surface area contributed by atoms with E-state index in [0.717, 1.165) is 25.7 Å². The number of unbranched alkanes of at least 4 members (excludes halogenated alkanes) is 16. The van der Waals surface area contributed by atoms with Crippen LogP contribution in [0.4, 0.5) is 0 Å². The van der Waals surface area contributed by atoms with Crippen LogP contribution < -0.4 is 0 Å². The fraction of sp³-hybridized carbons (Fsp3) is 0.632. The van der Waals surface area contributed by atoms with Crippen LogP contribution in [0.1, 0.15) is 156 Å². The van der Waals surface area contributed by atoms with Gasteiger partial charge in [-0.05, 0) is 63.8 Å². The Morgan fingerprint density at radius 1 is 0.500 bits per heavy atom. The minimum Gasteiger partial charge on any atom is -0.427 e. The van der Waals surface area contributed by atoms with E-state index in [1.165, 1.54) is 89.9 Å². The van der Waals surface area contributed by atoms with E-state index in [9.17, 15) is 9.59 Å². The van der Waals surface area contributed by atoms with Crippen LogP contribution in [0.2, 0.25) is 0 Å². The molecule has 0 bridgehead atoms. The van der Waals surface area contributed by atoms with Crippen LogP contribution in [0.25, 0.3) is 0 Å². The molecule has 0 aromatic rings. The molecule has 238 valence electrons. The number of hydrogen-bond acceptors (Lipinski definition) is 4. The number of carbonyl (C=O) groups is 2. The van der Waals surface area contributed by atoms with Crippen LogP contribution in [0.5, 0.6) is 0 Å². The zero-order valence-electron chi connectivity index (χ0n) is 27.5. The highest BCUT2D eigenvalue weighted by Gasteiger charge is 2.11. The quantitative estimate of drug-likeness (QED) is 0.0418. The van der Waals surface area contributed by atoms with Crippen molar-refractivity contribution in [1.82, 2.24) is 0 Å².